The Hall–Kier alpha value is -2.88. The summed E-state index contributed by atoms with van der Waals surface area (Å²) in [6.45, 7) is 3.02. The van der Waals surface area contributed by atoms with E-state index >= 15 is 0 Å². The fraction of sp³-hybridized carbons (Fsp3) is 0.312. The molecule has 0 saturated carbocycles. The summed E-state index contributed by atoms with van der Waals surface area (Å²) in [4.78, 5) is 12.2. The number of ether oxygens (including phenoxy) is 2. The van der Waals surface area contributed by atoms with Crippen molar-refractivity contribution < 1.29 is 18.7 Å². The number of hydrogen-bond donors (Lipinski definition) is 0. The summed E-state index contributed by atoms with van der Waals surface area (Å²) in [5.41, 5.74) is 0.848. The summed E-state index contributed by atoms with van der Waals surface area (Å²) in [5, 5.41) is 13.1. The molecule has 0 amide bonds. The first-order chi connectivity index (χ1) is 11.2. The molecule has 0 aliphatic carbocycles. The Bertz CT molecular complexity index is 808. The number of halogens is 1. The van der Waals surface area contributed by atoms with E-state index < -0.39 is 11.8 Å². The van der Waals surface area contributed by atoms with Gasteiger partial charge in [0.2, 0.25) is 5.88 Å². The molecule has 7 heteroatoms. The van der Waals surface area contributed by atoms with Crippen molar-refractivity contribution in [2.24, 2.45) is 0 Å². The summed E-state index contributed by atoms with van der Waals surface area (Å²) in [7, 11) is 0. The average molecular weight is 315 g/mol. The highest BCUT2D eigenvalue weighted by atomic mass is 19.1. The smallest absolute Gasteiger partial charge is 0.359 e. The Morgan fingerprint density at radius 1 is 1.57 bits per heavy atom. The summed E-state index contributed by atoms with van der Waals surface area (Å²) in [5.74, 6) is -0.822. The van der Waals surface area contributed by atoms with Crippen LogP contribution in [0.15, 0.2) is 18.2 Å². The van der Waals surface area contributed by atoms with Crippen LogP contribution in [0.4, 0.5) is 4.39 Å². The van der Waals surface area contributed by atoms with Crippen LogP contribution in [-0.2, 0) is 11.3 Å². The maximum absolute atomic E-state index is 13.9. The second-order valence-corrected chi connectivity index (χ2v) is 4.98. The van der Waals surface area contributed by atoms with E-state index in [0.717, 1.165) is 6.42 Å². The molecule has 0 radical (unpaired) electrons. The third-order valence-electron chi connectivity index (χ3n) is 3.51. The SMILES string of the molecule is CCOC(=O)c1nn2c(c1-c1ccc(C#N)c(F)c1)OCCC2. The quantitative estimate of drug-likeness (QED) is 0.813. The van der Waals surface area contributed by atoms with Crippen LogP contribution < -0.4 is 4.74 Å². The standard InChI is InChI=1S/C16H14FN3O3/c1-2-22-16(21)14-13(15-20(19-14)6-3-7-23-15)10-4-5-11(9-18)12(17)8-10/h4-5,8H,2-3,6-7H2,1H3. The Kier molecular flexibility index (Phi) is 3.98. The third kappa shape index (κ3) is 2.63. The van der Waals surface area contributed by atoms with Crippen LogP contribution in [0.1, 0.15) is 29.4 Å². The van der Waals surface area contributed by atoms with Gasteiger partial charge in [-0.2, -0.15) is 10.4 Å². The number of hydrogen-bond acceptors (Lipinski definition) is 5. The van der Waals surface area contributed by atoms with E-state index in [1.165, 1.54) is 12.1 Å². The van der Waals surface area contributed by atoms with Gasteiger partial charge in [0.1, 0.15) is 11.9 Å². The number of aromatic nitrogens is 2. The molecule has 0 saturated heterocycles. The van der Waals surface area contributed by atoms with Gasteiger partial charge in [0.25, 0.3) is 0 Å². The minimum absolute atomic E-state index is 0.0617. The zero-order chi connectivity index (χ0) is 16.4. The molecule has 6 nitrogen and oxygen atoms in total. The predicted octanol–water partition coefficient (Wildman–Crippen LogP) is 2.52. The molecule has 1 aliphatic heterocycles. The fourth-order valence-corrected chi connectivity index (χ4v) is 2.49. The van der Waals surface area contributed by atoms with E-state index in [1.54, 1.807) is 23.7 Å². The number of benzene rings is 1. The Balaban J connectivity index is 2.16. The van der Waals surface area contributed by atoms with Crippen molar-refractivity contribution in [1.29, 1.82) is 5.26 Å². The van der Waals surface area contributed by atoms with Crippen molar-refractivity contribution in [3.05, 3.63) is 35.3 Å². The van der Waals surface area contributed by atoms with E-state index in [4.69, 9.17) is 14.7 Å². The third-order valence-corrected chi connectivity index (χ3v) is 3.51. The Morgan fingerprint density at radius 2 is 2.39 bits per heavy atom. The maximum atomic E-state index is 13.9. The lowest BCUT2D eigenvalue weighted by atomic mass is 10.0. The molecular formula is C16H14FN3O3. The molecule has 2 aromatic rings. The van der Waals surface area contributed by atoms with Gasteiger partial charge in [-0.05, 0) is 24.6 Å². The lowest BCUT2D eigenvalue weighted by Crippen LogP contribution is -2.15. The highest BCUT2D eigenvalue weighted by molar-refractivity contribution is 5.97. The van der Waals surface area contributed by atoms with Crippen molar-refractivity contribution in [2.45, 2.75) is 19.9 Å². The van der Waals surface area contributed by atoms with Crippen LogP contribution in [0.5, 0.6) is 5.88 Å². The number of carbonyl (C=O) groups is 1. The molecule has 1 aromatic carbocycles. The van der Waals surface area contributed by atoms with Crippen LogP contribution >= 0.6 is 0 Å². The monoisotopic (exact) mass is 315 g/mol. The highest BCUT2D eigenvalue weighted by Gasteiger charge is 2.28. The molecule has 1 aliphatic rings. The van der Waals surface area contributed by atoms with Gasteiger partial charge in [-0.1, -0.05) is 6.07 Å². The number of nitriles is 1. The molecule has 1 aromatic heterocycles. The number of nitrogens with zero attached hydrogens (tertiary/aromatic N) is 3. The molecule has 0 bridgehead atoms. The molecule has 0 fully saturated rings. The van der Waals surface area contributed by atoms with E-state index in [1.807, 2.05) is 0 Å². The number of rotatable bonds is 3. The van der Waals surface area contributed by atoms with Gasteiger partial charge < -0.3 is 9.47 Å². The Labute approximate surface area is 132 Å². The molecule has 0 atom stereocenters. The van der Waals surface area contributed by atoms with Gasteiger partial charge in [0, 0.05) is 13.0 Å². The lowest BCUT2D eigenvalue weighted by Gasteiger charge is -2.16. The van der Waals surface area contributed by atoms with Crippen molar-refractivity contribution in [1.82, 2.24) is 9.78 Å². The van der Waals surface area contributed by atoms with E-state index in [9.17, 15) is 9.18 Å². The van der Waals surface area contributed by atoms with Crippen molar-refractivity contribution in [3.8, 4) is 23.1 Å². The molecule has 2 heterocycles. The second-order valence-electron chi connectivity index (χ2n) is 4.98. The van der Waals surface area contributed by atoms with Crippen LogP contribution in [0.2, 0.25) is 0 Å². The van der Waals surface area contributed by atoms with E-state index in [0.29, 0.717) is 30.2 Å². The van der Waals surface area contributed by atoms with Crippen molar-refractivity contribution in [2.75, 3.05) is 13.2 Å². The van der Waals surface area contributed by atoms with Gasteiger partial charge in [-0.3, -0.25) is 0 Å². The summed E-state index contributed by atoms with van der Waals surface area (Å²) < 4.78 is 26.2. The molecule has 23 heavy (non-hydrogen) atoms. The summed E-state index contributed by atoms with van der Waals surface area (Å²) in [6, 6.07) is 5.91. The minimum Gasteiger partial charge on any atom is -0.477 e. The normalized spacial score (nSPS) is 12.9. The molecule has 0 unspecified atom stereocenters. The second kappa shape index (κ2) is 6.08. The molecule has 118 valence electrons. The van der Waals surface area contributed by atoms with E-state index in [-0.39, 0.29) is 17.9 Å². The Morgan fingerprint density at radius 3 is 3.09 bits per heavy atom. The topological polar surface area (TPSA) is 77.1 Å². The number of aryl methyl sites for hydroxylation is 1. The van der Waals surface area contributed by atoms with Crippen LogP contribution in [0, 0.1) is 17.1 Å². The molecule has 3 rings (SSSR count). The first-order valence-corrected chi connectivity index (χ1v) is 7.26. The number of esters is 1. The summed E-state index contributed by atoms with van der Waals surface area (Å²) in [6.07, 6.45) is 0.776. The van der Waals surface area contributed by atoms with Gasteiger partial charge in [0.05, 0.1) is 24.3 Å². The zero-order valence-corrected chi connectivity index (χ0v) is 12.5. The zero-order valence-electron chi connectivity index (χ0n) is 12.5. The molecule has 0 N–H and O–H groups in total. The van der Waals surface area contributed by atoms with Gasteiger partial charge in [0.15, 0.2) is 5.69 Å². The van der Waals surface area contributed by atoms with Crippen LogP contribution in [0.25, 0.3) is 11.1 Å². The molecule has 0 spiro atoms. The minimum atomic E-state index is -0.657. The predicted molar refractivity (Wildman–Crippen MR) is 78.4 cm³/mol. The van der Waals surface area contributed by atoms with Crippen molar-refractivity contribution in [3.63, 3.8) is 0 Å². The number of fused-ring (bicyclic) bond motifs is 1. The lowest BCUT2D eigenvalue weighted by molar-refractivity contribution is 0.0519. The fourth-order valence-electron chi connectivity index (χ4n) is 2.49. The van der Waals surface area contributed by atoms with Gasteiger partial charge in [-0.25, -0.2) is 13.9 Å². The van der Waals surface area contributed by atoms with Crippen LogP contribution in [-0.4, -0.2) is 29.0 Å². The highest BCUT2D eigenvalue weighted by Crippen LogP contribution is 2.36. The average Bonchev–Trinajstić information content (AvgIpc) is 2.94. The van der Waals surface area contributed by atoms with Crippen LogP contribution in [0.3, 0.4) is 0 Å². The summed E-state index contributed by atoms with van der Waals surface area (Å²) >= 11 is 0. The number of carbonyl (C=O) groups excluding carboxylic acids is 1. The first-order valence-electron chi connectivity index (χ1n) is 7.26. The molecular weight excluding hydrogens is 301 g/mol. The van der Waals surface area contributed by atoms with Gasteiger partial charge in [-0.15, -0.1) is 0 Å². The largest absolute Gasteiger partial charge is 0.477 e. The maximum Gasteiger partial charge on any atom is 0.359 e. The first kappa shape index (κ1) is 15.0. The van der Waals surface area contributed by atoms with Crippen molar-refractivity contribution >= 4 is 5.97 Å². The van der Waals surface area contributed by atoms with Gasteiger partial charge >= 0.3 is 5.97 Å². The van der Waals surface area contributed by atoms with E-state index in [2.05, 4.69) is 5.10 Å².